The molecule has 1 aromatic rings. The van der Waals surface area contributed by atoms with Crippen molar-refractivity contribution in [3.05, 3.63) is 5.51 Å². The van der Waals surface area contributed by atoms with E-state index in [-0.39, 0.29) is 6.73 Å². The zero-order valence-corrected chi connectivity index (χ0v) is 6.89. The lowest BCUT2D eigenvalue weighted by atomic mass is 11.1. The highest BCUT2D eigenvalue weighted by Gasteiger charge is 1.95. The Labute approximate surface area is 69.1 Å². The fourth-order valence-electron chi connectivity index (χ4n) is 0.392. The molecule has 8 heteroatoms. The maximum atomic E-state index is 9.94. The third-order valence-electron chi connectivity index (χ3n) is 0.743. The Morgan fingerprint density at radius 3 is 3.27 bits per heavy atom. The molecule has 0 saturated carbocycles. The first kappa shape index (κ1) is 8.53. The number of hydrogen-bond donors (Lipinski definition) is 2. The van der Waals surface area contributed by atoms with Gasteiger partial charge in [-0.3, -0.25) is 4.55 Å². The van der Waals surface area contributed by atoms with Crippen molar-refractivity contribution in [2.45, 2.75) is 0 Å². The molecule has 1 aromatic heterocycles. The number of rotatable bonds is 4. The van der Waals surface area contributed by atoms with Crippen LogP contribution in [0.5, 0.6) is 0 Å². The normalized spacial score (nSPS) is 12.8. The van der Waals surface area contributed by atoms with Gasteiger partial charge in [0.1, 0.15) is 12.2 Å². The number of nitrogens with zero attached hydrogens (tertiary/aromatic N) is 2. The van der Waals surface area contributed by atoms with Crippen molar-refractivity contribution >= 4 is 27.8 Å². The minimum absolute atomic E-state index is 0.0572. The first-order valence-corrected chi connectivity index (χ1v) is 4.44. The van der Waals surface area contributed by atoms with Crippen LogP contribution in [0, 0.1) is 0 Å². The lowest BCUT2D eigenvalue weighted by Gasteiger charge is -1.97. The molecule has 1 rings (SSSR count). The molecule has 2 N–H and O–H groups in total. The smallest absolute Gasteiger partial charge is 0.303 e. The summed E-state index contributed by atoms with van der Waals surface area (Å²) in [6, 6.07) is 0. The summed E-state index contributed by atoms with van der Waals surface area (Å²) in [6.45, 7) is -0.0572. The zero-order valence-electron chi connectivity index (χ0n) is 5.26. The summed E-state index contributed by atoms with van der Waals surface area (Å²) in [6.07, 6.45) is 0. The number of hydrogen-bond acceptors (Lipinski definition) is 6. The molecule has 0 aliphatic rings. The SMILES string of the molecule is O=S(O)OCNc1nncs1. The van der Waals surface area contributed by atoms with E-state index in [1.54, 1.807) is 0 Å². The maximum absolute atomic E-state index is 9.94. The second-order valence-electron chi connectivity index (χ2n) is 1.40. The van der Waals surface area contributed by atoms with Crippen molar-refractivity contribution in [1.29, 1.82) is 0 Å². The average Bonchev–Trinajstić information content (AvgIpc) is 2.39. The van der Waals surface area contributed by atoms with E-state index < -0.39 is 11.4 Å². The molecule has 0 saturated heterocycles. The van der Waals surface area contributed by atoms with Gasteiger partial charge in [-0.1, -0.05) is 11.3 Å². The van der Waals surface area contributed by atoms with E-state index in [9.17, 15) is 4.21 Å². The number of nitrogens with one attached hydrogen (secondary N) is 1. The fraction of sp³-hybridized carbons (Fsp3) is 0.333. The van der Waals surface area contributed by atoms with Gasteiger partial charge in [0, 0.05) is 0 Å². The summed E-state index contributed by atoms with van der Waals surface area (Å²) >= 11 is -0.952. The van der Waals surface area contributed by atoms with Gasteiger partial charge >= 0.3 is 11.4 Å². The molecule has 62 valence electrons. The number of aromatic nitrogens is 2. The third-order valence-corrected chi connectivity index (χ3v) is 1.71. The Morgan fingerprint density at radius 2 is 2.73 bits per heavy atom. The molecule has 0 amide bonds. The van der Waals surface area contributed by atoms with Crippen molar-refractivity contribution in [3.8, 4) is 0 Å². The minimum atomic E-state index is -2.23. The second kappa shape index (κ2) is 4.34. The average molecular weight is 195 g/mol. The van der Waals surface area contributed by atoms with E-state index in [2.05, 4.69) is 19.7 Å². The Kier molecular flexibility index (Phi) is 3.36. The molecule has 0 aliphatic carbocycles. The zero-order chi connectivity index (χ0) is 8.10. The van der Waals surface area contributed by atoms with Gasteiger partial charge in [0.25, 0.3) is 0 Å². The molecular formula is C3H5N3O3S2. The Morgan fingerprint density at radius 1 is 1.91 bits per heavy atom. The van der Waals surface area contributed by atoms with Crippen molar-refractivity contribution in [2.24, 2.45) is 0 Å². The van der Waals surface area contributed by atoms with Gasteiger partial charge in [-0.2, -0.15) is 4.21 Å². The fourth-order valence-corrected chi connectivity index (χ4v) is 0.982. The molecule has 1 heterocycles. The van der Waals surface area contributed by atoms with Crippen molar-refractivity contribution in [2.75, 3.05) is 12.0 Å². The van der Waals surface area contributed by atoms with Crippen LogP contribution in [0.1, 0.15) is 0 Å². The standard InChI is InChI=1S/C3H5N3O3S2/c7-11(8)9-1-4-3-6-5-2-10-3/h2H,1H2,(H,4,6)(H,7,8). The predicted octanol–water partition coefficient (Wildman–Crippen LogP) is 0.0608. The molecule has 0 bridgehead atoms. The van der Waals surface area contributed by atoms with Crippen LogP contribution in [0.25, 0.3) is 0 Å². The van der Waals surface area contributed by atoms with Gasteiger partial charge in [-0.05, 0) is 0 Å². The van der Waals surface area contributed by atoms with Crippen molar-refractivity contribution in [3.63, 3.8) is 0 Å². The molecular weight excluding hydrogens is 190 g/mol. The van der Waals surface area contributed by atoms with Crippen LogP contribution in [0.3, 0.4) is 0 Å². The Hall–Kier alpha value is -0.570. The number of anilines is 1. The van der Waals surface area contributed by atoms with Crippen LogP contribution in [0.4, 0.5) is 5.13 Å². The van der Waals surface area contributed by atoms with Crippen LogP contribution in [-0.4, -0.2) is 25.7 Å². The second-order valence-corrected chi connectivity index (χ2v) is 2.90. The van der Waals surface area contributed by atoms with Crippen LogP contribution >= 0.6 is 11.3 Å². The lowest BCUT2D eigenvalue weighted by molar-refractivity contribution is 0.330. The molecule has 0 aliphatic heterocycles. The first-order valence-electron chi connectivity index (χ1n) is 2.53. The molecule has 0 aromatic carbocycles. The molecule has 1 atom stereocenters. The van der Waals surface area contributed by atoms with E-state index in [1.165, 1.54) is 16.8 Å². The van der Waals surface area contributed by atoms with Gasteiger partial charge < -0.3 is 5.32 Å². The Balaban J connectivity index is 2.19. The Bertz CT molecular complexity index is 226. The van der Waals surface area contributed by atoms with E-state index >= 15 is 0 Å². The van der Waals surface area contributed by atoms with Gasteiger partial charge in [0.2, 0.25) is 5.13 Å². The summed E-state index contributed by atoms with van der Waals surface area (Å²) in [4.78, 5) is 0. The summed E-state index contributed by atoms with van der Waals surface area (Å²) in [5.41, 5.74) is 1.54. The molecule has 0 radical (unpaired) electrons. The van der Waals surface area contributed by atoms with Gasteiger partial charge in [-0.15, -0.1) is 10.2 Å². The first-order chi connectivity index (χ1) is 5.29. The molecule has 0 fully saturated rings. The van der Waals surface area contributed by atoms with Crippen molar-refractivity contribution in [1.82, 2.24) is 10.2 Å². The molecule has 11 heavy (non-hydrogen) atoms. The third kappa shape index (κ3) is 3.37. The highest BCUT2D eigenvalue weighted by atomic mass is 32.2. The van der Waals surface area contributed by atoms with Crippen LogP contribution < -0.4 is 5.32 Å². The topological polar surface area (TPSA) is 84.3 Å². The minimum Gasteiger partial charge on any atom is -0.336 e. The van der Waals surface area contributed by atoms with Crippen LogP contribution in [-0.2, 0) is 15.5 Å². The molecule has 1 unspecified atom stereocenters. The molecule has 0 spiro atoms. The van der Waals surface area contributed by atoms with Crippen molar-refractivity contribution < 1.29 is 12.9 Å². The van der Waals surface area contributed by atoms with Crippen LogP contribution in [0.2, 0.25) is 0 Å². The summed E-state index contributed by atoms with van der Waals surface area (Å²) < 4.78 is 22.4. The van der Waals surface area contributed by atoms with E-state index in [0.717, 1.165) is 0 Å². The predicted molar refractivity (Wildman–Crippen MR) is 40.3 cm³/mol. The highest BCUT2D eigenvalue weighted by Crippen LogP contribution is 2.06. The molecule has 6 nitrogen and oxygen atoms in total. The van der Waals surface area contributed by atoms with Gasteiger partial charge in [-0.25, -0.2) is 4.18 Å². The largest absolute Gasteiger partial charge is 0.336 e. The summed E-state index contributed by atoms with van der Waals surface area (Å²) in [7, 11) is 0. The maximum Gasteiger partial charge on any atom is 0.303 e. The highest BCUT2D eigenvalue weighted by molar-refractivity contribution is 7.74. The van der Waals surface area contributed by atoms with E-state index in [4.69, 9.17) is 4.55 Å². The monoisotopic (exact) mass is 195 g/mol. The quantitative estimate of drug-likeness (QED) is 0.522. The van der Waals surface area contributed by atoms with Gasteiger partial charge in [0.05, 0.1) is 0 Å². The lowest BCUT2D eigenvalue weighted by Crippen LogP contribution is -2.07. The van der Waals surface area contributed by atoms with E-state index in [0.29, 0.717) is 5.13 Å². The van der Waals surface area contributed by atoms with Crippen LogP contribution in [0.15, 0.2) is 5.51 Å². The van der Waals surface area contributed by atoms with E-state index in [1.807, 2.05) is 0 Å². The van der Waals surface area contributed by atoms with Gasteiger partial charge in [0.15, 0.2) is 0 Å². The summed E-state index contributed by atoms with van der Waals surface area (Å²) in [5, 5.41) is 10.3. The summed E-state index contributed by atoms with van der Waals surface area (Å²) in [5.74, 6) is 0.